The third-order valence-corrected chi connectivity index (χ3v) is 4.58. The maximum atomic E-state index is 11.8. The first-order valence-electron chi connectivity index (χ1n) is 6.27. The minimum absolute atomic E-state index is 0.00255. The third-order valence-electron chi connectivity index (χ3n) is 3.31. The Morgan fingerprint density at radius 3 is 3.00 bits per heavy atom. The van der Waals surface area contributed by atoms with E-state index in [1.807, 2.05) is 37.5 Å². The number of nitrogens with one attached hydrogen (secondary N) is 1. The van der Waals surface area contributed by atoms with Gasteiger partial charge >= 0.3 is 0 Å². The van der Waals surface area contributed by atoms with Crippen LogP contribution < -0.4 is 10.1 Å². The first-order valence-corrected chi connectivity index (χ1v) is 7.32. The molecular formula is C14H15N3O2S. The van der Waals surface area contributed by atoms with E-state index >= 15 is 0 Å². The van der Waals surface area contributed by atoms with Crippen molar-refractivity contribution in [2.45, 2.75) is 5.25 Å². The Kier molecular flexibility index (Phi) is 3.40. The van der Waals surface area contributed by atoms with Crippen molar-refractivity contribution in [2.24, 2.45) is 7.05 Å². The molecular weight excluding hydrogens is 274 g/mol. The molecule has 0 fully saturated rings. The molecule has 6 heteroatoms. The number of thioether (sulfide) groups is 1. The molecule has 1 aliphatic heterocycles. The van der Waals surface area contributed by atoms with Crippen LogP contribution in [0.25, 0.3) is 0 Å². The second-order valence-electron chi connectivity index (χ2n) is 4.55. The van der Waals surface area contributed by atoms with Gasteiger partial charge in [0, 0.05) is 18.2 Å². The number of anilines is 1. The van der Waals surface area contributed by atoms with Crippen molar-refractivity contribution in [1.82, 2.24) is 9.78 Å². The predicted molar refractivity (Wildman–Crippen MR) is 79.1 cm³/mol. The van der Waals surface area contributed by atoms with Gasteiger partial charge in [-0.15, -0.1) is 11.8 Å². The number of para-hydroxylation sites is 1. The molecule has 1 N–H and O–H groups in total. The van der Waals surface area contributed by atoms with Crippen LogP contribution in [-0.2, 0) is 11.8 Å². The number of hydrogen-bond donors (Lipinski definition) is 1. The summed E-state index contributed by atoms with van der Waals surface area (Å²) >= 11 is 1.59. The van der Waals surface area contributed by atoms with Crippen molar-refractivity contribution in [3.05, 3.63) is 41.6 Å². The van der Waals surface area contributed by atoms with Crippen LogP contribution in [0.2, 0.25) is 0 Å². The van der Waals surface area contributed by atoms with Crippen molar-refractivity contribution in [3.8, 4) is 5.75 Å². The van der Waals surface area contributed by atoms with E-state index in [1.54, 1.807) is 23.6 Å². The van der Waals surface area contributed by atoms with Crippen LogP contribution >= 0.6 is 11.8 Å². The van der Waals surface area contributed by atoms with Gasteiger partial charge in [0.25, 0.3) is 0 Å². The number of methoxy groups -OCH3 is 1. The Bertz CT molecular complexity index is 654. The van der Waals surface area contributed by atoms with E-state index in [2.05, 4.69) is 10.4 Å². The fourth-order valence-electron chi connectivity index (χ4n) is 2.36. The fourth-order valence-corrected chi connectivity index (χ4v) is 3.47. The van der Waals surface area contributed by atoms with Crippen LogP contribution in [0.4, 0.5) is 5.82 Å². The Balaban J connectivity index is 2.11. The largest absolute Gasteiger partial charge is 0.496 e. The SMILES string of the molecule is COc1ccccc1C1SCC(=O)Nc2c1cnn2C. The molecule has 2 heterocycles. The van der Waals surface area contributed by atoms with E-state index in [1.165, 1.54) is 0 Å². The highest BCUT2D eigenvalue weighted by molar-refractivity contribution is 8.00. The van der Waals surface area contributed by atoms with E-state index in [0.717, 1.165) is 22.7 Å². The van der Waals surface area contributed by atoms with E-state index in [-0.39, 0.29) is 11.2 Å². The van der Waals surface area contributed by atoms with Crippen LogP contribution in [0.5, 0.6) is 5.75 Å². The summed E-state index contributed by atoms with van der Waals surface area (Å²) in [5, 5.41) is 7.20. The fraction of sp³-hybridized carbons (Fsp3) is 0.286. The number of rotatable bonds is 2. The molecule has 0 bridgehead atoms. The number of benzene rings is 1. The van der Waals surface area contributed by atoms with Crippen molar-refractivity contribution in [3.63, 3.8) is 0 Å². The maximum absolute atomic E-state index is 11.8. The standard InChI is InChI=1S/C14H15N3O2S/c1-17-14-10(7-15-17)13(20-8-12(18)16-14)9-5-3-4-6-11(9)19-2/h3-7,13H,8H2,1-2H3,(H,16,18). The monoisotopic (exact) mass is 289 g/mol. The highest BCUT2D eigenvalue weighted by atomic mass is 32.2. The molecule has 0 spiro atoms. The molecule has 1 aromatic carbocycles. The molecule has 3 rings (SSSR count). The van der Waals surface area contributed by atoms with Crippen molar-refractivity contribution in [2.75, 3.05) is 18.2 Å². The maximum Gasteiger partial charge on any atom is 0.235 e. The van der Waals surface area contributed by atoms with Crippen LogP contribution in [0, 0.1) is 0 Å². The molecule has 0 radical (unpaired) electrons. The smallest absolute Gasteiger partial charge is 0.235 e. The summed E-state index contributed by atoms with van der Waals surface area (Å²) in [7, 11) is 3.49. The number of nitrogens with zero attached hydrogens (tertiary/aromatic N) is 2. The number of fused-ring (bicyclic) bond motifs is 1. The zero-order valence-corrected chi connectivity index (χ0v) is 12.1. The van der Waals surface area contributed by atoms with Gasteiger partial charge in [-0.1, -0.05) is 18.2 Å². The van der Waals surface area contributed by atoms with Gasteiger partial charge in [-0.05, 0) is 6.07 Å². The lowest BCUT2D eigenvalue weighted by Gasteiger charge is -2.17. The van der Waals surface area contributed by atoms with Crippen molar-refractivity contribution < 1.29 is 9.53 Å². The number of ether oxygens (including phenoxy) is 1. The average Bonchev–Trinajstić information content (AvgIpc) is 2.72. The molecule has 2 aromatic rings. The Labute approximate surface area is 121 Å². The minimum Gasteiger partial charge on any atom is -0.496 e. The van der Waals surface area contributed by atoms with Gasteiger partial charge in [0.05, 0.1) is 24.3 Å². The average molecular weight is 289 g/mol. The van der Waals surface area contributed by atoms with Crippen LogP contribution in [0.3, 0.4) is 0 Å². The van der Waals surface area contributed by atoms with E-state index in [0.29, 0.717) is 5.75 Å². The molecule has 1 atom stereocenters. The van der Waals surface area contributed by atoms with Gasteiger partial charge in [-0.2, -0.15) is 5.10 Å². The van der Waals surface area contributed by atoms with E-state index < -0.39 is 0 Å². The summed E-state index contributed by atoms with van der Waals surface area (Å²) in [6.07, 6.45) is 1.81. The lowest BCUT2D eigenvalue weighted by molar-refractivity contribution is -0.113. The lowest BCUT2D eigenvalue weighted by Crippen LogP contribution is -2.15. The normalized spacial score (nSPS) is 18.1. The molecule has 5 nitrogen and oxygen atoms in total. The van der Waals surface area contributed by atoms with Gasteiger partial charge in [-0.25, -0.2) is 0 Å². The Morgan fingerprint density at radius 2 is 2.20 bits per heavy atom. The van der Waals surface area contributed by atoms with Gasteiger partial charge in [0.2, 0.25) is 5.91 Å². The van der Waals surface area contributed by atoms with Gasteiger partial charge in [0.1, 0.15) is 11.6 Å². The zero-order chi connectivity index (χ0) is 14.1. The number of hydrogen-bond acceptors (Lipinski definition) is 4. The summed E-state index contributed by atoms with van der Waals surface area (Å²) in [4.78, 5) is 11.8. The molecule has 0 saturated heterocycles. The van der Waals surface area contributed by atoms with Gasteiger partial charge in [-0.3, -0.25) is 9.48 Å². The third kappa shape index (κ3) is 2.16. The number of amides is 1. The number of carbonyl (C=O) groups excluding carboxylic acids is 1. The Hall–Kier alpha value is -1.95. The second kappa shape index (κ2) is 5.20. The topological polar surface area (TPSA) is 56.1 Å². The summed E-state index contributed by atoms with van der Waals surface area (Å²) in [6, 6.07) is 7.89. The molecule has 1 unspecified atom stereocenters. The van der Waals surface area contributed by atoms with E-state index in [9.17, 15) is 4.79 Å². The highest BCUT2D eigenvalue weighted by Crippen LogP contribution is 2.44. The lowest BCUT2D eigenvalue weighted by atomic mass is 10.1. The van der Waals surface area contributed by atoms with Crippen molar-refractivity contribution in [1.29, 1.82) is 0 Å². The van der Waals surface area contributed by atoms with Crippen molar-refractivity contribution >= 4 is 23.5 Å². The van der Waals surface area contributed by atoms with Gasteiger partial charge in [0.15, 0.2) is 0 Å². The molecule has 20 heavy (non-hydrogen) atoms. The molecule has 0 aliphatic carbocycles. The van der Waals surface area contributed by atoms with E-state index in [4.69, 9.17) is 4.74 Å². The van der Waals surface area contributed by atoms with Crippen LogP contribution in [0.15, 0.2) is 30.5 Å². The molecule has 0 saturated carbocycles. The Morgan fingerprint density at radius 1 is 1.40 bits per heavy atom. The minimum atomic E-state index is -0.00255. The van der Waals surface area contributed by atoms with Crippen LogP contribution in [-0.4, -0.2) is 28.6 Å². The molecule has 104 valence electrons. The quantitative estimate of drug-likeness (QED) is 0.921. The molecule has 1 aliphatic rings. The zero-order valence-electron chi connectivity index (χ0n) is 11.3. The molecule has 1 aromatic heterocycles. The number of aromatic nitrogens is 2. The highest BCUT2D eigenvalue weighted by Gasteiger charge is 2.28. The number of aryl methyl sites for hydroxylation is 1. The summed E-state index contributed by atoms with van der Waals surface area (Å²) in [5.74, 6) is 2.00. The second-order valence-corrected chi connectivity index (χ2v) is 5.65. The van der Waals surface area contributed by atoms with Gasteiger partial charge < -0.3 is 10.1 Å². The first kappa shape index (κ1) is 13.1. The van der Waals surface area contributed by atoms with Crippen LogP contribution in [0.1, 0.15) is 16.4 Å². The predicted octanol–water partition coefficient (Wildman–Crippen LogP) is 2.20. The molecule has 1 amide bonds. The summed E-state index contributed by atoms with van der Waals surface area (Å²) < 4.78 is 7.14. The first-order chi connectivity index (χ1) is 9.70. The summed E-state index contributed by atoms with van der Waals surface area (Å²) in [6.45, 7) is 0. The summed E-state index contributed by atoms with van der Waals surface area (Å²) in [5.41, 5.74) is 2.07. The number of carbonyl (C=O) groups is 1.